The molecule has 1 aromatic rings. The molecule has 0 spiro atoms. The number of allylic oxidation sites excluding steroid dienone is 1. The van der Waals surface area contributed by atoms with Crippen LogP contribution < -0.4 is 10.1 Å². The van der Waals surface area contributed by atoms with Gasteiger partial charge < -0.3 is 35.8 Å². The van der Waals surface area contributed by atoms with Gasteiger partial charge in [0.15, 0.2) is 5.60 Å². The van der Waals surface area contributed by atoms with E-state index in [0.29, 0.717) is 17.7 Å². The van der Waals surface area contributed by atoms with Gasteiger partial charge >= 0.3 is 11.9 Å². The highest BCUT2D eigenvalue weighted by molar-refractivity contribution is 5.94. The number of carbonyl (C=O) groups excluding carboxylic acids is 2. The molecule has 0 aromatic heterocycles. The summed E-state index contributed by atoms with van der Waals surface area (Å²) >= 11 is 0. The van der Waals surface area contributed by atoms with Gasteiger partial charge in [-0.25, -0.2) is 9.59 Å². The molecule has 254 valence electrons. The van der Waals surface area contributed by atoms with Crippen LogP contribution in [0.3, 0.4) is 0 Å². The molecule has 0 aliphatic carbocycles. The summed E-state index contributed by atoms with van der Waals surface area (Å²) in [5, 5.41) is 39.0. The summed E-state index contributed by atoms with van der Waals surface area (Å²) in [7, 11) is 1.19. The zero-order valence-corrected chi connectivity index (χ0v) is 27.7. The average molecular weight is 640 g/mol. The number of carbonyl (C=O) groups is 3. The molecule has 1 amide bonds. The summed E-state index contributed by atoms with van der Waals surface area (Å²) in [6.07, 6.45) is 15.0. The fourth-order valence-electron chi connectivity index (χ4n) is 4.97. The molecule has 0 bridgehead atoms. The fraction of sp³-hybridized carbons (Fsp3) is 0.583. The van der Waals surface area contributed by atoms with Crippen molar-refractivity contribution in [2.45, 2.75) is 115 Å². The Balaban J connectivity index is 2.83. The topological polar surface area (TPSA) is 170 Å². The fourth-order valence-corrected chi connectivity index (χ4v) is 4.97. The molecule has 46 heavy (non-hydrogen) atoms. The van der Waals surface area contributed by atoms with Crippen molar-refractivity contribution in [3.8, 4) is 17.6 Å². The van der Waals surface area contributed by atoms with Crippen LogP contribution in [-0.2, 0) is 25.5 Å². The third-order valence-electron chi connectivity index (χ3n) is 7.74. The zero-order chi connectivity index (χ0) is 34.2. The van der Waals surface area contributed by atoms with Gasteiger partial charge in [-0.3, -0.25) is 4.79 Å². The Morgan fingerprint density at radius 1 is 1.02 bits per heavy atom. The first kappa shape index (κ1) is 40.1. The van der Waals surface area contributed by atoms with E-state index in [1.807, 2.05) is 0 Å². The van der Waals surface area contributed by atoms with Gasteiger partial charge in [0.05, 0.1) is 13.0 Å². The van der Waals surface area contributed by atoms with Gasteiger partial charge in [0.25, 0.3) is 0 Å². The Kier molecular flexibility index (Phi) is 20.4. The van der Waals surface area contributed by atoms with Crippen molar-refractivity contribution in [3.63, 3.8) is 0 Å². The number of hydrogen-bond donors (Lipinski definition) is 5. The van der Waals surface area contributed by atoms with Crippen LogP contribution in [0.1, 0.15) is 103 Å². The molecule has 5 N–H and O–H groups in total. The lowest BCUT2D eigenvalue weighted by atomic mass is 9.83. The number of carboxylic acids is 1. The number of nitrogens with one attached hydrogen (secondary N) is 3. The van der Waals surface area contributed by atoms with Crippen molar-refractivity contribution in [2.75, 3.05) is 13.7 Å². The van der Waals surface area contributed by atoms with Gasteiger partial charge in [-0.2, -0.15) is 0 Å². The summed E-state index contributed by atoms with van der Waals surface area (Å²) in [5.41, 5.74) is -1.09. The second-order valence-electron chi connectivity index (χ2n) is 11.4. The van der Waals surface area contributed by atoms with E-state index in [2.05, 4.69) is 24.1 Å². The highest BCUT2D eigenvalue weighted by atomic mass is 16.5. The number of benzene rings is 1. The first-order valence-electron chi connectivity index (χ1n) is 16.3. The Morgan fingerprint density at radius 3 is 2.22 bits per heavy atom. The molecule has 10 nitrogen and oxygen atoms in total. The largest absolute Gasteiger partial charge is 0.481 e. The molecule has 0 saturated carbocycles. The van der Waals surface area contributed by atoms with Crippen LogP contribution in [0.4, 0.5) is 0 Å². The maximum absolute atomic E-state index is 13.5. The highest BCUT2D eigenvalue weighted by Crippen LogP contribution is 2.25. The van der Waals surface area contributed by atoms with Crippen LogP contribution >= 0.6 is 0 Å². The molecular weight excluding hydrogens is 586 g/mol. The van der Waals surface area contributed by atoms with Gasteiger partial charge in [-0.1, -0.05) is 75.7 Å². The maximum Gasteiger partial charge on any atom is 0.337 e. The number of rotatable bonds is 25. The number of aliphatic carboxylic acids is 1. The molecule has 0 heterocycles. The first-order chi connectivity index (χ1) is 22.1. The first-order valence-corrected chi connectivity index (χ1v) is 16.3. The predicted molar refractivity (Wildman–Crippen MR) is 180 cm³/mol. The Morgan fingerprint density at radius 2 is 1.65 bits per heavy atom. The molecule has 0 fully saturated rings. The van der Waals surface area contributed by atoms with E-state index in [-0.39, 0.29) is 13.0 Å². The van der Waals surface area contributed by atoms with Crippen LogP contribution in [0, 0.1) is 28.6 Å². The molecule has 0 unspecified atom stereocenters. The minimum absolute atomic E-state index is 0.0519. The molecule has 1 aromatic carbocycles. The van der Waals surface area contributed by atoms with Crippen molar-refractivity contribution in [2.24, 2.45) is 5.92 Å². The van der Waals surface area contributed by atoms with E-state index < -0.39 is 41.8 Å². The van der Waals surface area contributed by atoms with Crippen molar-refractivity contribution in [1.82, 2.24) is 5.32 Å². The number of esters is 1. The lowest BCUT2D eigenvalue weighted by Gasteiger charge is -2.30. The highest BCUT2D eigenvalue weighted by Gasteiger charge is 2.46. The quantitative estimate of drug-likeness (QED) is 0.0286. The number of carboxylic acid groups (broad SMARTS) is 1. The minimum Gasteiger partial charge on any atom is -0.481 e. The van der Waals surface area contributed by atoms with E-state index in [4.69, 9.17) is 20.3 Å². The Hall–Kier alpha value is -3.97. The van der Waals surface area contributed by atoms with Gasteiger partial charge in [-0.15, -0.1) is 5.92 Å². The van der Waals surface area contributed by atoms with Gasteiger partial charge in [0.1, 0.15) is 18.4 Å². The van der Waals surface area contributed by atoms with E-state index in [9.17, 15) is 24.6 Å². The van der Waals surface area contributed by atoms with E-state index >= 15 is 0 Å². The number of unbranched alkanes of at least 4 members (excludes halogenated alkanes) is 8. The van der Waals surface area contributed by atoms with Crippen LogP contribution in [0.15, 0.2) is 36.4 Å². The van der Waals surface area contributed by atoms with E-state index in [1.54, 1.807) is 37.3 Å². The van der Waals surface area contributed by atoms with Crippen molar-refractivity contribution in [1.29, 1.82) is 10.8 Å². The average Bonchev–Trinajstić information content (AvgIpc) is 3.04. The lowest BCUT2D eigenvalue weighted by molar-refractivity contribution is -0.165. The van der Waals surface area contributed by atoms with Gasteiger partial charge in [0, 0.05) is 18.6 Å². The summed E-state index contributed by atoms with van der Waals surface area (Å²) in [4.78, 5) is 38.2. The van der Waals surface area contributed by atoms with Crippen molar-refractivity contribution in [3.05, 3.63) is 42.0 Å². The lowest BCUT2D eigenvalue weighted by Crippen LogP contribution is -2.55. The summed E-state index contributed by atoms with van der Waals surface area (Å²) < 4.78 is 10.4. The predicted octanol–water partition coefficient (Wildman–Crippen LogP) is 6.04. The molecule has 0 saturated heterocycles. The number of aliphatic hydroxyl groups is 1. The molecule has 1 rings (SSSR count). The van der Waals surface area contributed by atoms with E-state index in [1.165, 1.54) is 38.9 Å². The smallest absolute Gasteiger partial charge is 0.337 e. The number of ether oxygens (including phenoxy) is 2. The molecule has 0 aliphatic heterocycles. The minimum atomic E-state index is -2.58. The zero-order valence-electron chi connectivity index (χ0n) is 27.7. The second-order valence-corrected chi connectivity index (χ2v) is 11.4. The molecule has 0 aliphatic rings. The molecule has 0 radical (unpaired) electrons. The standard InChI is InChI=1S/C36H53N3O7/c1-4-6-8-11-14-17-29(38)18-15-12-9-10-13-16-19-31(36(44,24-25-37)35(42)43)33(40)39-32(34(41)45-3)27-28-20-22-30(23-21-28)46-26-7-5-2/h16,19-23,25,31-32,37-38,44H,4,6,8-15,17-18,24,26-27H2,1-3H3,(H,39,40)(H,42,43)/b19-16+,37-25?,38-29?/t31-,32+,36+/m1/s1. The maximum atomic E-state index is 13.5. The number of amides is 1. The van der Waals surface area contributed by atoms with Gasteiger partial charge in [0.2, 0.25) is 5.91 Å². The third-order valence-corrected chi connectivity index (χ3v) is 7.74. The van der Waals surface area contributed by atoms with Crippen molar-refractivity contribution >= 4 is 29.8 Å². The van der Waals surface area contributed by atoms with Crippen LogP contribution in [-0.4, -0.2) is 65.3 Å². The van der Waals surface area contributed by atoms with E-state index in [0.717, 1.165) is 56.9 Å². The Labute approximate surface area is 274 Å². The molecule has 10 heteroatoms. The number of hydrogen-bond acceptors (Lipinski definition) is 8. The normalized spacial score (nSPS) is 13.5. The molecular formula is C36H53N3O7. The Bertz CT molecular complexity index is 1190. The van der Waals surface area contributed by atoms with Crippen LogP contribution in [0.2, 0.25) is 0 Å². The second kappa shape index (κ2) is 23.4. The summed E-state index contributed by atoms with van der Waals surface area (Å²) in [5.74, 6) is 1.31. The van der Waals surface area contributed by atoms with Crippen molar-refractivity contribution < 1.29 is 34.1 Å². The monoisotopic (exact) mass is 639 g/mol. The third kappa shape index (κ3) is 15.3. The number of methoxy groups -OCH3 is 1. The van der Waals surface area contributed by atoms with Crippen LogP contribution in [0.5, 0.6) is 5.75 Å². The van der Waals surface area contributed by atoms with Crippen LogP contribution in [0.25, 0.3) is 0 Å². The van der Waals surface area contributed by atoms with Gasteiger partial charge in [-0.05, 0) is 69.4 Å². The summed E-state index contributed by atoms with van der Waals surface area (Å²) in [6.45, 7) is 4.14. The SMILES string of the molecule is CC#CCOc1ccc(C[C@H](NC(=O)[C@@H](/C=C/CCCCCCC(=N)CCCCCCC)[C@@](O)(CC=N)C(=O)O)C(=O)OC)cc1. The molecule has 3 atom stereocenters. The summed E-state index contributed by atoms with van der Waals surface area (Å²) in [6, 6.07) is 5.73.